The molecule has 7 heteroatoms. The molecular weight excluding hydrogens is 394 g/mol. The number of ether oxygens (including phenoxy) is 1. The molecule has 164 valence electrons. The Balaban J connectivity index is 1.32. The van der Waals surface area contributed by atoms with Crippen molar-refractivity contribution in [1.29, 1.82) is 0 Å². The molecule has 3 aromatic rings. The molecule has 7 nitrogen and oxygen atoms in total. The molecule has 1 aromatic carbocycles. The number of hydrogen-bond donors (Lipinski definition) is 4. The summed E-state index contributed by atoms with van der Waals surface area (Å²) in [5.74, 6) is 0.351. The highest BCUT2D eigenvalue weighted by Crippen LogP contribution is 2.33. The quantitative estimate of drug-likeness (QED) is 0.431. The van der Waals surface area contributed by atoms with Crippen molar-refractivity contribution in [3.63, 3.8) is 0 Å². The van der Waals surface area contributed by atoms with E-state index in [0.29, 0.717) is 24.9 Å². The van der Waals surface area contributed by atoms with Crippen molar-refractivity contribution >= 4 is 11.0 Å². The highest BCUT2D eigenvalue weighted by Gasteiger charge is 2.32. The van der Waals surface area contributed by atoms with Crippen LogP contribution in [-0.2, 0) is 13.0 Å². The largest absolute Gasteiger partial charge is 0.504 e. The van der Waals surface area contributed by atoms with Crippen LogP contribution >= 0.6 is 0 Å². The molecule has 0 spiro atoms. The zero-order valence-corrected chi connectivity index (χ0v) is 17.7. The molecule has 0 atom stereocenters. The molecule has 1 aliphatic carbocycles. The number of benzene rings is 1. The summed E-state index contributed by atoms with van der Waals surface area (Å²) in [5.41, 5.74) is 2.98. The van der Waals surface area contributed by atoms with Gasteiger partial charge in [-0.2, -0.15) is 0 Å². The minimum Gasteiger partial charge on any atom is -0.504 e. The number of fused-ring (bicyclic) bond motifs is 1. The van der Waals surface area contributed by atoms with Gasteiger partial charge in [0.05, 0.1) is 23.7 Å². The van der Waals surface area contributed by atoms with Crippen LogP contribution < -0.4 is 10.1 Å². The van der Waals surface area contributed by atoms with E-state index in [9.17, 15) is 15.3 Å². The third kappa shape index (κ3) is 5.06. The van der Waals surface area contributed by atoms with Gasteiger partial charge in [0, 0.05) is 24.8 Å². The Bertz CT molecular complexity index is 1050. The normalized spacial score (nSPS) is 21.3. The maximum atomic E-state index is 11.1. The molecule has 0 unspecified atom stereocenters. The molecule has 0 radical (unpaired) electrons. The zero-order chi connectivity index (χ0) is 21.8. The molecular formula is C24H29N3O4. The fourth-order valence-electron chi connectivity index (χ4n) is 4.29. The standard InChI is InChI=1S/C24H29N3O4/c1-31-22-5-3-19-23(27-22)17(9-13-25-19)6-10-24(30)11-7-18(8-12-24)26-15-16-2-4-20(28)21(29)14-16/h2-5,9,13-14,18,26,28-30H,6-8,10-12,15H2,1H3. The van der Waals surface area contributed by atoms with Gasteiger partial charge >= 0.3 is 0 Å². The van der Waals surface area contributed by atoms with Gasteiger partial charge in [0.1, 0.15) is 0 Å². The predicted molar refractivity (Wildman–Crippen MR) is 118 cm³/mol. The first-order valence-corrected chi connectivity index (χ1v) is 10.7. The average molecular weight is 424 g/mol. The van der Waals surface area contributed by atoms with Crippen LogP contribution in [0.2, 0.25) is 0 Å². The smallest absolute Gasteiger partial charge is 0.213 e. The Hall–Kier alpha value is -2.90. The molecule has 2 aromatic heterocycles. The first-order valence-electron chi connectivity index (χ1n) is 10.7. The minimum absolute atomic E-state index is 0.104. The Kier molecular flexibility index (Phi) is 6.25. The third-order valence-corrected chi connectivity index (χ3v) is 6.26. The van der Waals surface area contributed by atoms with Crippen LogP contribution in [0.1, 0.15) is 43.2 Å². The van der Waals surface area contributed by atoms with Crippen molar-refractivity contribution < 1.29 is 20.1 Å². The van der Waals surface area contributed by atoms with E-state index in [2.05, 4.69) is 15.3 Å². The van der Waals surface area contributed by atoms with Crippen molar-refractivity contribution in [2.45, 2.75) is 56.7 Å². The van der Waals surface area contributed by atoms with Crippen LogP contribution in [0.3, 0.4) is 0 Å². The van der Waals surface area contributed by atoms with Gasteiger partial charge in [-0.1, -0.05) is 6.07 Å². The molecule has 0 saturated heterocycles. The van der Waals surface area contributed by atoms with Gasteiger partial charge in [-0.25, -0.2) is 4.98 Å². The molecule has 1 fully saturated rings. The van der Waals surface area contributed by atoms with E-state index in [0.717, 1.165) is 54.3 Å². The van der Waals surface area contributed by atoms with Crippen molar-refractivity contribution in [2.75, 3.05) is 7.11 Å². The lowest BCUT2D eigenvalue weighted by atomic mass is 9.78. The van der Waals surface area contributed by atoms with Gasteiger partial charge in [-0.15, -0.1) is 0 Å². The van der Waals surface area contributed by atoms with Gasteiger partial charge in [0.15, 0.2) is 11.5 Å². The van der Waals surface area contributed by atoms with Gasteiger partial charge < -0.3 is 25.4 Å². The van der Waals surface area contributed by atoms with E-state index in [1.54, 1.807) is 31.5 Å². The van der Waals surface area contributed by atoms with Crippen molar-refractivity contribution in [3.05, 3.63) is 53.7 Å². The van der Waals surface area contributed by atoms with Crippen molar-refractivity contribution in [2.24, 2.45) is 0 Å². The number of methoxy groups -OCH3 is 1. The number of pyridine rings is 2. The number of hydrogen-bond acceptors (Lipinski definition) is 7. The molecule has 1 aliphatic rings. The summed E-state index contributed by atoms with van der Waals surface area (Å²) in [6.07, 6.45) is 6.48. The molecule has 4 N–H and O–H groups in total. The van der Waals surface area contributed by atoms with Crippen LogP contribution in [0, 0.1) is 0 Å². The minimum atomic E-state index is -0.677. The lowest BCUT2D eigenvalue weighted by Crippen LogP contribution is -2.41. The number of nitrogens with zero attached hydrogens (tertiary/aromatic N) is 2. The molecule has 31 heavy (non-hydrogen) atoms. The number of phenolic OH excluding ortho intramolecular Hbond substituents is 2. The van der Waals surface area contributed by atoms with E-state index in [-0.39, 0.29) is 11.5 Å². The number of nitrogens with one attached hydrogen (secondary N) is 1. The lowest BCUT2D eigenvalue weighted by Gasteiger charge is -2.36. The highest BCUT2D eigenvalue weighted by molar-refractivity contribution is 5.78. The molecule has 0 aliphatic heterocycles. The summed E-state index contributed by atoms with van der Waals surface area (Å²) in [6.45, 7) is 0.618. The van der Waals surface area contributed by atoms with E-state index in [1.807, 2.05) is 12.1 Å². The predicted octanol–water partition coefficient (Wildman–Crippen LogP) is 3.45. The molecule has 4 rings (SSSR count). The van der Waals surface area contributed by atoms with Crippen LogP contribution in [0.15, 0.2) is 42.6 Å². The average Bonchev–Trinajstić information content (AvgIpc) is 2.79. The summed E-state index contributed by atoms with van der Waals surface area (Å²) < 4.78 is 5.25. The highest BCUT2D eigenvalue weighted by atomic mass is 16.5. The SMILES string of the molecule is COc1ccc2nccc(CCC3(O)CCC(NCc4ccc(O)c(O)c4)CC3)c2n1. The van der Waals surface area contributed by atoms with Crippen molar-refractivity contribution in [1.82, 2.24) is 15.3 Å². The summed E-state index contributed by atoms with van der Waals surface area (Å²) in [5, 5.41) is 33.7. The topological polar surface area (TPSA) is 108 Å². The molecule has 2 heterocycles. The summed E-state index contributed by atoms with van der Waals surface area (Å²) in [4.78, 5) is 8.92. The third-order valence-electron chi connectivity index (χ3n) is 6.26. The second kappa shape index (κ2) is 9.08. The molecule has 0 bridgehead atoms. The zero-order valence-electron chi connectivity index (χ0n) is 17.7. The summed E-state index contributed by atoms with van der Waals surface area (Å²) >= 11 is 0. The molecule has 1 saturated carbocycles. The monoisotopic (exact) mass is 423 g/mol. The fraction of sp³-hybridized carbons (Fsp3) is 0.417. The van der Waals surface area contributed by atoms with Crippen LogP contribution in [0.25, 0.3) is 11.0 Å². The number of phenols is 2. The summed E-state index contributed by atoms with van der Waals surface area (Å²) in [7, 11) is 1.60. The second-order valence-corrected chi connectivity index (χ2v) is 8.39. The van der Waals surface area contributed by atoms with Gasteiger partial charge in [-0.05, 0) is 73.9 Å². The van der Waals surface area contributed by atoms with E-state index in [4.69, 9.17) is 4.74 Å². The number of aromatic hydroxyl groups is 2. The van der Waals surface area contributed by atoms with Gasteiger partial charge in [0.2, 0.25) is 5.88 Å². The van der Waals surface area contributed by atoms with E-state index in [1.165, 1.54) is 6.07 Å². The van der Waals surface area contributed by atoms with Crippen LogP contribution in [-0.4, -0.2) is 44.0 Å². The number of rotatable bonds is 7. The van der Waals surface area contributed by atoms with Crippen LogP contribution in [0.4, 0.5) is 0 Å². The lowest BCUT2D eigenvalue weighted by molar-refractivity contribution is -0.0108. The van der Waals surface area contributed by atoms with Gasteiger partial charge in [0.25, 0.3) is 0 Å². The Morgan fingerprint density at radius 3 is 2.65 bits per heavy atom. The first-order chi connectivity index (χ1) is 15.0. The summed E-state index contributed by atoms with van der Waals surface area (Å²) in [6, 6.07) is 10.9. The Morgan fingerprint density at radius 1 is 1.10 bits per heavy atom. The van der Waals surface area contributed by atoms with Crippen molar-refractivity contribution in [3.8, 4) is 17.4 Å². The maximum Gasteiger partial charge on any atom is 0.213 e. The number of aryl methyl sites for hydroxylation is 1. The van der Waals surface area contributed by atoms with Gasteiger partial charge in [-0.3, -0.25) is 4.98 Å². The number of aromatic nitrogens is 2. The number of aliphatic hydroxyl groups is 1. The van der Waals surface area contributed by atoms with E-state index < -0.39 is 5.60 Å². The fourth-order valence-corrected chi connectivity index (χ4v) is 4.29. The first kappa shape index (κ1) is 21.3. The second-order valence-electron chi connectivity index (χ2n) is 8.39. The van der Waals surface area contributed by atoms with Crippen LogP contribution in [0.5, 0.6) is 17.4 Å². The maximum absolute atomic E-state index is 11.1. The molecule has 0 amide bonds. The Morgan fingerprint density at radius 2 is 1.90 bits per heavy atom. The van der Waals surface area contributed by atoms with E-state index >= 15 is 0 Å². The Labute approximate surface area is 181 Å².